The molecule has 2 aromatic carbocycles. The first-order valence-electron chi connectivity index (χ1n) is 12.2. The molecule has 2 amide bonds. The number of hydrogen-bond acceptors (Lipinski definition) is 4. The number of alkyl carbamates (subject to hydrolysis) is 1. The molecule has 0 spiro atoms. The molecular weight excluding hydrogens is 444 g/mol. The maximum absolute atomic E-state index is 13.1. The van der Waals surface area contributed by atoms with Crippen LogP contribution < -0.4 is 5.32 Å². The summed E-state index contributed by atoms with van der Waals surface area (Å²) >= 11 is 0. The van der Waals surface area contributed by atoms with Crippen molar-refractivity contribution in [2.45, 2.75) is 64.5 Å². The van der Waals surface area contributed by atoms with Gasteiger partial charge in [0.2, 0.25) is 5.91 Å². The minimum absolute atomic E-state index is 0.0105. The number of hydrogen-bond donors (Lipinski definition) is 2. The first-order valence-corrected chi connectivity index (χ1v) is 12.2. The molecule has 2 atom stereocenters. The quantitative estimate of drug-likeness (QED) is 0.622. The second-order valence-electron chi connectivity index (χ2n) is 10.8. The van der Waals surface area contributed by atoms with Crippen LogP contribution in [0, 0.1) is 5.41 Å². The number of likely N-dealkylation sites (tertiary alicyclic amines) is 1. The number of nitrogens with one attached hydrogen (secondary N) is 1. The van der Waals surface area contributed by atoms with Gasteiger partial charge in [0.05, 0.1) is 0 Å². The Kier molecular flexibility index (Phi) is 6.62. The topological polar surface area (TPSA) is 95.9 Å². The van der Waals surface area contributed by atoms with E-state index in [9.17, 15) is 19.5 Å². The number of carbonyl (C=O) groups excluding carboxylic acids is 2. The number of benzene rings is 2. The lowest BCUT2D eigenvalue weighted by molar-refractivity contribution is -0.155. The van der Waals surface area contributed by atoms with E-state index in [0.717, 1.165) is 22.3 Å². The highest BCUT2D eigenvalue weighted by Crippen LogP contribution is 2.44. The minimum atomic E-state index is -1.21. The molecule has 0 radical (unpaired) electrons. The molecule has 0 bridgehead atoms. The second-order valence-corrected chi connectivity index (χ2v) is 10.8. The van der Waals surface area contributed by atoms with Gasteiger partial charge in [-0.15, -0.1) is 0 Å². The zero-order valence-electron chi connectivity index (χ0n) is 20.8. The van der Waals surface area contributed by atoms with Crippen LogP contribution in [0.25, 0.3) is 11.1 Å². The van der Waals surface area contributed by atoms with Gasteiger partial charge in [-0.2, -0.15) is 0 Å². The van der Waals surface area contributed by atoms with Gasteiger partial charge in [0, 0.05) is 24.9 Å². The van der Waals surface area contributed by atoms with Gasteiger partial charge in [-0.1, -0.05) is 69.3 Å². The summed E-state index contributed by atoms with van der Waals surface area (Å²) in [7, 11) is 0. The lowest BCUT2D eigenvalue weighted by Gasteiger charge is -2.35. The van der Waals surface area contributed by atoms with E-state index < -0.39 is 29.1 Å². The molecule has 1 aliphatic heterocycles. The second kappa shape index (κ2) is 9.36. The molecule has 2 unspecified atom stereocenters. The van der Waals surface area contributed by atoms with E-state index in [1.165, 1.54) is 4.90 Å². The molecule has 1 aliphatic carbocycles. The van der Waals surface area contributed by atoms with E-state index >= 15 is 0 Å². The summed E-state index contributed by atoms with van der Waals surface area (Å²) in [6.07, 6.45) is 0.501. The largest absolute Gasteiger partial charge is 0.480 e. The van der Waals surface area contributed by atoms with Crippen molar-refractivity contribution in [3.8, 4) is 11.1 Å². The van der Waals surface area contributed by atoms with Crippen LogP contribution in [-0.4, -0.2) is 52.7 Å². The van der Waals surface area contributed by atoms with Gasteiger partial charge in [0.25, 0.3) is 0 Å². The lowest BCUT2D eigenvalue weighted by Crippen LogP contribution is -2.54. The Morgan fingerprint density at radius 3 is 2.20 bits per heavy atom. The van der Waals surface area contributed by atoms with Crippen LogP contribution in [0.2, 0.25) is 0 Å². The van der Waals surface area contributed by atoms with Crippen LogP contribution in [0.4, 0.5) is 4.79 Å². The monoisotopic (exact) mass is 478 g/mol. The number of carboxylic acid groups (broad SMARTS) is 1. The Hall–Kier alpha value is -3.35. The molecule has 1 fully saturated rings. The van der Waals surface area contributed by atoms with E-state index in [0.29, 0.717) is 19.4 Å². The standard InChI is InChI=1S/C28H34N2O5/c1-27(2,3)23(16-24(31)30-15-9-14-28(30,4)25(32)33)29-26(34)35-17-22-20-12-7-5-10-18(20)19-11-6-8-13-21(19)22/h5-8,10-13,22-23H,9,14-17H2,1-4H3,(H,29,34)(H,32,33). The van der Waals surface area contributed by atoms with Gasteiger partial charge in [-0.05, 0) is 47.4 Å². The van der Waals surface area contributed by atoms with Crippen molar-refractivity contribution in [3.05, 3.63) is 59.7 Å². The van der Waals surface area contributed by atoms with Gasteiger partial charge in [0.1, 0.15) is 12.1 Å². The van der Waals surface area contributed by atoms with Crippen LogP contribution in [0.1, 0.15) is 64.0 Å². The van der Waals surface area contributed by atoms with Gasteiger partial charge in [0.15, 0.2) is 0 Å². The third kappa shape index (κ3) is 4.77. The molecule has 1 saturated heterocycles. The van der Waals surface area contributed by atoms with Crippen LogP contribution in [-0.2, 0) is 14.3 Å². The number of nitrogens with zero attached hydrogens (tertiary/aromatic N) is 1. The van der Waals surface area contributed by atoms with Crippen molar-refractivity contribution < 1.29 is 24.2 Å². The van der Waals surface area contributed by atoms with Crippen LogP contribution in [0.15, 0.2) is 48.5 Å². The van der Waals surface area contributed by atoms with E-state index in [1.807, 2.05) is 45.0 Å². The summed E-state index contributed by atoms with van der Waals surface area (Å²) in [6, 6.07) is 15.8. The highest BCUT2D eigenvalue weighted by Gasteiger charge is 2.46. The Bertz CT molecular complexity index is 1090. The highest BCUT2D eigenvalue weighted by atomic mass is 16.5. The molecule has 1 heterocycles. The fourth-order valence-corrected chi connectivity index (χ4v) is 5.23. The van der Waals surface area contributed by atoms with Crippen molar-refractivity contribution in [1.29, 1.82) is 0 Å². The summed E-state index contributed by atoms with van der Waals surface area (Å²) in [4.78, 5) is 39.2. The Morgan fingerprint density at radius 2 is 1.66 bits per heavy atom. The predicted molar refractivity (Wildman–Crippen MR) is 133 cm³/mol. The van der Waals surface area contributed by atoms with Crippen molar-refractivity contribution in [2.75, 3.05) is 13.2 Å². The minimum Gasteiger partial charge on any atom is -0.480 e. The third-order valence-electron chi connectivity index (χ3n) is 7.46. The first-order chi connectivity index (χ1) is 16.5. The predicted octanol–water partition coefficient (Wildman–Crippen LogP) is 4.80. The van der Waals surface area contributed by atoms with E-state index in [-0.39, 0.29) is 24.9 Å². The molecule has 186 valence electrons. The maximum Gasteiger partial charge on any atom is 0.407 e. The Labute approximate surface area is 206 Å². The highest BCUT2D eigenvalue weighted by molar-refractivity contribution is 5.88. The number of carbonyl (C=O) groups is 3. The zero-order valence-corrected chi connectivity index (χ0v) is 20.8. The van der Waals surface area contributed by atoms with Crippen LogP contribution >= 0.6 is 0 Å². The van der Waals surface area contributed by atoms with Crippen LogP contribution in [0.3, 0.4) is 0 Å². The molecule has 7 nitrogen and oxygen atoms in total. The third-order valence-corrected chi connectivity index (χ3v) is 7.46. The fraction of sp³-hybridized carbons (Fsp3) is 0.464. The van der Waals surface area contributed by atoms with Crippen LogP contribution in [0.5, 0.6) is 0 Å². The summed E-state index contributed by atoms with van der Waals surface area (Å²) in [5, 5.41) is 12.5. The molecule has 2 N–H and O–H groups in total. The molecule has 4 rings (SSSR count). The first kappa shape index (κ1) is 24.8. The van der Waals surface area contributed by atoms with E-state index in [4.69, 9.17) is 4.74 Å². The molecule has 2 aliphatic rings. The van der Waals surface area contributed by atoms with Gasteiger partial charge in [-0.25, -0.2) is 9.59 Å². The number of aliphatic carboxylic acids is 1. The smallest absolute Gasteiger partial charge is 0.407 e. The fourth-order valence-electron chi connectivity index (χ4n) is 5.23. The molecular formula is C28H34N2O5. The van der Waals surface area contributed by atoms with E-state index in [2.05, 4.69) is 29.6 Å². The molecule has 7 heteroatoms. The molecule has 0 aromatic heterocycles. The average Bonchev–Trinajstić information content (AvgIpc) is 3.36. The number of fused-ring (bicyclic) bond motifs is 3. The SMILES string of the molecule is CC(C)(C)C(CC(=O)N1CCCC1(C)C(=O)O)NC(=O)OCC1c2ccccc2-c2ccccc21. The maximum atomic E-state index is 13.1. The van der Waals surface area contributed by atoms with Crippen molar-refractivity contribution in [2.24, 2.45) is 5.41 Å². The summed E-state index contributed by atoms with van der Waals surface area (Å²) in [5.41, 5.74) is 2.94. The van der Waals surface area contributed by atoms with Crippen molar-refractivity contribution in [3.63, 3.8) is 0 Å². The summed E-state index contributed by atoms with van der Waals surface area (Å²) in [6.45, 7) is 8.00. The number of ether oxygens (including phenoxy) is 1. The Morgan fingerprint density at radius 1 is 1.09 bits per heavy atom. The molecule has 35 heavy (non-hydrogen) atoms. The Balaban J connectivity index is 1.43. The van der Waals surface area contributed by atoms with Gasteiger partial charge >= 0.3 is 12.1 Å². The zero-order chi connectivity index (χ0) is 25.4. The lowest BCUT2D eigenvalue weighted by atomic mass is 9.84. The number of rotatable bonds is 6. The van der Waals surface area contributed by atoms with Crippen molar-refractivity contribution in [1.82, 2.24) is 10.2 Å². The average molecular weight is 479 g/mol. The normalized spacial score (nSPS) is 20.2. The molecule has 2 aromatic rings. The number of carboxylic acids is 1. The number of amides is 2. The van der Waals surface area contributed by atoms with Crippen molar-refractivity contribution >= 4 is 18.0 Å². The molecule has 0 saturated carbocycles. The van der Waals surface area contributed by atoms with Gasteiger partial charge < -0.3 is 20.1 Å². The van der Waals surface area contributed by atoms with E-state index in [1.54, 1.807) is 6.92 Å². The summed E-state index contributed by atoms with van der Waals surface area (Å²) < 4.78 is 5.68. The van der Waals surface area contributed by atoms with Gasteiger partial charge in [-0.3, -0.25) is 4.79 Å². The summed E-state index contributed by atoms with van der Waals surface area (Å²) in [5.74, 6) is -1.32.